The Kier molecular flexibility index (Phi) is 5.40. The van der Waals surface area contributed by atoms with Gasteiger partial charge >= 0.3 is 0 Å². The number of oxazole rings is 1. The third kappa shape index (κ3) is 4.11. The molecule has 0 bridgehead atoms. The molecule has 1 saturated carbocycles. The molecule has 1 unspecified atom stereocenters. The third-order valence-electron chi connectivity index (χ3n) is 5.95. The molecule has 30 heavy (non-hydrogen) atoms. The number of benzene rings is 1. The van der Waals surface area contributed by atoms with E-state index in [1.54, 1.807) is 6.07 Å². The lowest BCUT2D eigenvalue weighted by atomic mass is 9.59. The summed E-state index contributed by atoms with van der Waals surface area (Å²) in [6, 6.07) is 8.32. The second kappa shape index (κ2) is 7.74. The number of fused-ring (bicyclic) bond motifs is 1. The van der Waals surface area contributed by atoms with Crippen molar-refractivity contribution in [2.75, 3.05) is 12.8 Å². The minimum absolute atomic E-state index is 0.0131. The van der Waals surface area contributed by atoms with Crippen LogP contribution in [0.15, 0.2) is 44.3 Å². The molecular formula is C21H24ClN3O4S. The van der Waals surface area contributed by atoms with Crippen molar-refractivity contribution in [2.24, 2.45) is 5.41 Å². The van der Waals surface area contributed by atoms with Crippen LogP contribution in [0.4, 0.5) is 0 Å². The first kappa shape index (κ1) is 20.9. The van der Waals surface area contributed by atoms with Crippen molar-refractivity contribution < 1.29 is 17.8 Å². The molecule has 4 rings (SSSR count). The van der Waals surface area contributed by atoms with Gasteiger partial charge in [-0.1, -0.05) is 24.9 Å². The first-order chi connectivity index (χ1) is 14.2. The zero-order valence-electron chi connectivity index (χ0n) is 16.9. The summed E-state index contributed by atoms with van der Waals surface area (Å²) in [4.78, 5) is 16.9. The smallest absolute Gasteiger partial charge is 0.287 e. The van der Waals surface area contributed by atoms with Gasteiger partial charge in [0.05, 0.1) is 0 Å². The summed E-state index contributed by atoms with van der Waals surface area (Å²) in [7, 11) is -2.97. The minimum atomic E-state index is -2.97. The fourth-order valence-electron chi connectivity index (χ4n) is 4.10. The van der Waals surface area contributed by atoms with E-state index in [-0.39, 0.29) is 28.1 Å². The summed E-state index contributed by atoms with van der Waals surface area (Å²) < 4.78 is 30.4. The van der Waals surface area contributed by atoms with Gasteiger partial charge in [0.15, 0.2) is 22.3 Å². The Morgan fingerprint density at radius 1 is 1.33 bits per heavy atom. The Bertz CT molecular complexity index is 1190. The highest BCUT2D eigenvalue weighted by Crippen LogP contribution is 2.55. The number of halogens is 1. The van der Waals surface area contributed by atoms with E-state index in [0.29, 0.717) is 11.6 Å². The summed E-state index contributed by atoms with van der Waals surface area (Å²) in [5.74, 6) is 0.744. The SMILES string of the molecule is CC[C@]1(CCNC(=O)c2ccc(S(C)(=N)=O)o2)C[C@H](c2nc3cc(Cl)ccc3o2)C1. The molecule has 1 aromatic carbocycles. The zero-order chi connectivity index (χ0) is 21.5. The fourth-order valence-corrected chi connectivity index (χ4v) is 4.85. The molecule has 1 aliphatic rings. The highest BCUT2D eigenvalue weighted by Gasteiger charge is 2.45. The highest BCUT2D eigenvalue weighted by molar-refractivity contribution is 7.91. The number of nitrogens with one attached hydrogen (secondary N) is 2. The molecule has 7 nitrogen and oxygen atoms in total. The number of rotatable bonds is 7. The summed E-state index contributed by atoms with van der Waals surface area (Å²) in [6.45, 7) is 2.68. The molecular weight excluding hydrogens is 426 g/mol. The van der Waals surface area contributed by atoms with Crippen LogP contribution in [0.5, 0.6) is 0 Å². The number of hydrogen-bond donors (Lipinski definition) is 2. The van der Waals surface area contributed by atoms with Gasteiger partial charge in [-0.05, 0) is 55.0 Å². The van der Waals surface area contributed by atoms with Crippen molar-refractivity contribution in [1.82, 2.24) is 10.3 Å². The molecule has 9 heteroatoms. The van der Waals surface area contributed by atoms with Gasteiger partial charge in [0, 0.05) is 23.7 Å². The van der Waals surface area contributed by atoms with Crippen molar-refractivity contribution in [2.45, 2.75) is 43.6 Å². The monoisotopic (exact) mass is 449 g/mol. The molecule has 0 spiro atoms. The predicted octanol–water partition coefficient (Wildman–Crippen LogP) is 5.20. The number of amides is 1. The summed E-state index contributed by atoms with van der Waals surface area (Å²) in [6.07, 6.45) is 5.03. The topological polar surface area (TPSA) is 109 Å². The van der Waals surface area contributed by atoms with E-state index in [2.05, 4.69) is 17.2 Å². The molecule has 1 aliphatic carbocycles. The third-order valence-corrected chi connectivity index (χ3v) is 7.18. The predicted molar refractivity (Wildman–Crippen MR) is 114 cm³/mol. The second-order valence-corrected chi connectivity index (χ2v) is 10.6. The molecule has 1 fully saturated rings. The number of furan rings is 1. The van der Waals surface area contributed by atoms with E-state index in [0.717, 1.165) is 42.7 Å². The average molecular weight is 450 g/mol. The summed E-state index contributed by atoms with van der Waals surface area (Å²) in [5, 5.41) is 3.52. The summed E-state index contributed by atoms with van der Waals surface area (Å²) in [5.41, 5.74) is 1.67. The van der Waals surface area contributed by atoms with E-state index >= 15 is 0 Å². The van der Waals surface area contributed by atoms with Gasteiger partial charge in [-0.2, -0.15) is 0 Å². The Hall–Kier alpha value is -2.32. The van der Waals surface area contributed by atoms with Crippen LogP contribution in [0, 0.1) is 10.2 Å². The van der Waals surface area contributed by atoms with E-state index < -0.39 is 9.73 Å². The Morgan fingerprint density at radius 2 is 2.10 bits per heavy atom. The van der Waals surface area contributed by atoms with Crippen LogP contribution in [0.25, 0.3) is 11.1 Å². The van der Waals surface area contributed by atoms with Crippen molar-refractivity contribution in [3.63, 3.8) is 0 Å². The van der Waals surface area contributed by atoms with Crippen LogP contribution in [0.3, 0.4) is 0 Å². The molecule has 3 aromatic rings. The number of hydrogen-bond acceptors (Lipinski definition) is 6. The number of carbonyl (C=O) groups excluding carboxylic acids is 1. The molecule has 0 saturated heterocycles. The van der Waals surface area contributed by atoms with Crippen LogP contribution in [0.2, 0.25) is 5.02 Å². The normalized spacial score (nSPS) is 23.1. The molecule has 1 atom stereocenters. The number of nitrogens with zero attached hydrogens (tertiary/aromatic N) is 1. The number of aromatic nitrogens is 1. The fraction of sp³-hybridized carbons (Fsp3) is 0.429. The van der Waals surface area contributed by atoms with Gasteiger partial charge in [0.1, 0.15) is 15.2 Å². The molecule has 0 aliphatic heterocycles. The van der Waals surface area contributed by atoms with Crippen molar-refractivity contribution in [3.8, 4) is 0 Å². The molecule has 2 aromatic heterocycles. The maximum atomic E-state index is 12.3. The second-order valence-electron chi connectivity index (χ2n) is 8.09. The molecule has 1 amide bonds. The van der Waals surface area contributed by atoms with E-state index in [9.17, 15) is 9.00 Å². The van der Waals surface area contributed by atoms with Gasteiger partial charge in [-0.15, -0.1) is 0 Å². The van der Waals surface area contributed by atoms with Crippen molar-refractivity contribution in [1.29, 1.82) is 4.78 Å². The van der Waals surface area contributed by atoms with E-state index in [1.807, 2.05) is 12.1 Å². The van der Waals surface area contributed by atoms with Crippen LogP contribution in [0.1, 0.15) is 55.0 Å². The molecule has 2 heterocycles. The van der Waals surface area contributed by atoms with E-state index in [4.69, 9.17) is 25.2 Å². The molecule has 0 radical (unpaired) electrons. The summed E-state index contributed by atoms with van der Waals surface area (Å²) >= 11 is 6.03. The lowest BCUT2D eigenvalue weighted by Crippen LogP contribution is -2.39. The van der Waals surface area contributed by atoms with Crippen LogP contribution in [-0.4, -0.2) is 27.9 Å². The standard InChI is InChI=1S/C21H24ClN3O4S/c1-3-21(8-9-24-19(26)17-6-7-18(28-17)30(2,23)27)11-13(12-21)20-25-15-10-14(22)4-5-16(15)29-20/h4-7,10,13,23H,3,8-9,11-12H2,1-2H3,(H,24,26)/t13-,21-,30?. The Balaban J connectivity index is 1.33. The number of carbonyl (C=O) groups is 1. The van der Waals surface area contributed by atoms with Crippen molar-refractivity contribution >= 4 is 38.3 Å². The first-order valence-corrected chi connectivity index (χ1v) is 12.2. The Labute approximate surface area is 180 Å². The lowest BCUT2D eigenvalue weighted by Gasteiger charge is -2.46. The van der Waals surface area contributed by atoms with E-state index in [1.165, 1.54) is 18.4 Å². The first-order valence-electron chi connectivity index (χ1n) is 9.87. The lowest BCUT2D eigenvalue weighted by molar-refractivity contribution is 0.0677. The van der Waals surface area contributed by atoms with Crippen molar-refractivity contribution in [3.05, 3.63) is 47.0 Å². The molecule has 160 valence electrons. The zero-order valence-corrected chi connectivity index (χ0v) is 18.4. The van der Waals surface area contributed by atoms with Crippen LogP contribution >= 0.6 is 11.6 Å². The van der Waals surface area contributed by atoms with Gasteiger partial charge in [-0.3, -0.25) is 4.79 Å². The van der Waals surface area contributed by atoms with Crippen LogP contribution < -0.4 is 5.32 Å². The molecule has 2 N–H and O–H groups in total. The van der Waals surface area contributed by atoms with Gasteiger partial charge in [0.2, 0.25) is 0 Å². The van der Waals surface area contributed by atoms with Gasteiger partial charge in [-0.25, -0.2) is 14.0 Å². The van der Waals surface area contributed by atoms with Gasteiger partial charge < -0.3 is 14.2 Å². The Morgan fingerprint density at radius 3 is 2.77 bits per heavy atom. The largest absolute Gasteiger partial charge is 0.441 e. The highest BCUT2D eigenvalue weighted by atomic mass is 35.5. The quantitative estimate of drug-likeness (QED) is 0.515. The maximum absolute atomic E-state index is 12.3. The van der Waals surface area contributed by atoms with Gasteiger partial charge in [0.25, 0.3) is 5.91 Å². The maximum Gasteiger partial charge on any atom is 0.287 e. The average Bonchev–Trinajstić information content (AvgIpc) is 3.30. The van der Waals surface area contributed by atoms with Crippen LogP contribution in [-0.2, 0) is 9.73 Å². The minimum Gasteiger partial charge on any atom is -0.441 e.